The zero-order valence-corrected chi connectivity index (χ0v) is 20.5. The number of rotatable bonds is 8. The maximum atomic E-state index is 12.0. The Morgan fingerprint density at radius 2 is 1.72 bits per heavy atom. The van der Waals surface area contributed by atoms with E-state index in [1.54, 1.807) is 21.2 Å². The molecule has 0 spiro atoms. The van der Waals surface area contributed by atoms with Crippen LogP contribution in [0.5, 0.6) is 5.75 Å². The van der Waals surface area contributed by atoms with Gasteiger partial charge in [0, 0.05) is 26.2 Å². The molecule has 0 atom stereocenters. The van der Waals surface area contributed by atoms with Gasteiger partial charge in [-0.3, -0.25) is 9.59 Å². The molecular formula is C20H34IN5O3. The fraction of sp³-hybridized carbons (Fsp3) is 0.550. The standard InChI is InChI=1S/C20H33N5O3.HI/c1-20(2,3)24-17(26)13-22-19(23-14-18(27)25(4)5)21-12-11-15-7-9-16(28-6)10-8-15;/h7-10H,11-14H2,1-6H3,(H,24,26)(H2,21,22,23);1H. The van der Waals surface area contributed by atoms with E-state index in [4.69, 9.17) is 4.74 Å². The quantitative estimate of drug-likeness (QED) is 0.274. The first kappa shape index (κ1) is 27.0. The number of nitrogens with zero attached hydrogens (tertiary/aromatic N) is 2. The van der Waals surface area contributed by atoms with Gasteiger partial charge in [0.1, 0.15) is 12.3 Å². The average Bonchev–Trinajstić information content (AvgIpc) is 2.62. The molecule has 0 saturated heterocycles. The van der Waals surface area contributed by atoms with Gasteiger partial charge in [-0.2, -0.15) is 0 Å². The van der Waals surface area contributed by atoms with Gasteiger partial charge in [-0.05, 0) is 44.9 Å². The zero-order valence-electron chi connectivity index (χ0n) is 18.2. The van der Waals surface area contributed by atoms with Crippen molar-refractivity contribution >= 4 is 41.8 Å². The lowest BCUT2D eigenvalue weighted by atomic mass is 10.1. The van der Waals surface area contributed by atoms with Crippen LogP contribution in [0.25, 0.3) is 0 Å². The molecule has 1 aromatic carbocycles. The fourth-order valence-electron chi connectivity index (χ4n) is 2.22. The first-order chi connectivity index (χ1) is 13.1. The molecule has 0 aromatic heterocycles. The highest BCUT2D eigenvalue weighted by atomic mass is 127. The van der Waals surface area contributed by atoms with E-state index >= 15 is 0 Å². The number of likely N-dealkylation sites (N-methyl/N-ethyl adjacent to an activating group) is 1. The Morgan fingerprint density at radius 3 is 2.24 bits per heavy atom. The summed E-state index contributed by atoms with van der Waals surface area (Å²) in [5.41, 5.74) is 0.825. The lowest BCUT2D eigenvalue weighted by Gasteiger charge is -2.20. The van der Waals surface area contributed by atoms with Crippen molar-refractivity contribution in [3.8, 4) is 5.75 Å². The molecule has 9 heteroatoms. The second-order valence-corrected chi connectivity index (χ2v) is 7.63. The fourth-order valence-corrected chi connectivity index (χ4v) is 2.22. The van der Waals surface area contributed by atoms with E-state index in [9.17, 15) is 9.59 Å². The van der Waals surface area contributed by atoms with Gasteiger partial charge in [-0.25, -0.2) is 4.99 Å². The summed E-state index contributed by atoms with van der Waals surface area (Å²) in [5.74, 6) is 0.979. The summed E-state index contributed by atoms with van der Waals surface area (Å²) in [4.78, 5) is 29.6. The predicted molar refractivity (Wildman–Crippen MR) is 127 cm³/mol. The Hall–Kier alpha value is -2.04. The molecule has 0 radical (unpaired) electrons. The molecule has 0 unspecified atom stereocenters. The second-order valence-electron chi connectivity index (χ2n) is 7.63. The van der Waals surface area contributed by atoms with Crippen molar-refractivity contribution in [2.45, 2.75) is 32.7 Å². The molecule has 0 fully saturated rings. The van der Waals surface area contributed by atoms with Crippen LogP contribution in [0.3, 0.4) is 0 Å². The molecule has 0 bridgehead atoms. The van der Waals surface area contributed by atoms with Crippen molar-refractivity contribution in [3.05, 3.63) is 29.8 Å². The topological polar surface area (TPSA) is 95.1 Å². The van der Waals surface area contributed by atoms with Crippen LogP contribution in [0.4, 0.5) is 0 Å². The number of benzene rings is 1. The summed E-state index contributed by atoms with van der Waals surface area (Å²) in [6, 6.07) is 7.82. The molecule has 1 rings (SSSR count). The first-order valence-corrected chi connectivity index (χ1v) is 9.27. The molecule has 2 amide bonds. The minimum atomic E-state index is -0.317. The van der Waals surface area contributed by atoms with E-state index in [1.165, 1.54) is 4.90 Å². The molecule has 164 valence electrons. The SMILES string of the molecule is COc1ccc(CCNC(=NCC(=O)NC(C)(C)C)NCC(=O)N(C)C)cc1.I. The average molecular weight is 519 g/mol. The van der Waals surface area contributed by atoms with Crippen LogP contribution in [0, 0.1) is 0 Å². The number of halogens is 1. The van der Waals surface area contributed by atoms with Gasteiger partial charge in [-0.15, -0.1) is 24.0 Å². The molecule has 0 aliphatic heterocycles. The number of hydrogen-bond acceptors (Lipinski definition) is 4. The number of aliphatic imine (C=N–C) groups is 1. The number of guanidine groups is 1. The summed E-state index contributed by atoms with van der Waals surface area (Å²) in [6.45, 7) is 6.42. The number of amides is 2. The van der Waals surface area contributed by atoms with Crippen LogP contribution in [0.1, 0.15) is 26.3 Å². The molecule has 0 saturated carbocycles. The zero-order chi connectivity index (χ0) is 21.2. The normalized spacial score (nSPS) is 11.2. The van der Waals surface area contributed by atoms with Crippen LogP contribution in [-0.4, -0.2) is 69.1 Å². The monoisotopic (exact) mass is 519 g/mol. The Labute approximate surface area is 190 Å². The van der Waals surface area contributed by atoms with Gasteiger partial charge >= 0.3 is 0 Å². The van der Waals surface area contributed by atoms with Crippen molar-refractivity contribution in [1.29, 1.82) is 0 Å². The Bertz CT molecular complexity index is 670. The summed E-state index contributed by atoms with van der Waals surface area (Å²) >= 11 is 0. The Balaban J connectivity index is 0.00000784. The molecular weight excluding hydrogens is 485 g/mol. The van der Waals surface area contributed by atoms with Gasteiger partial charge in [0.2, 0.25) is 11.8 Å². The maximum Gasteiger partial charge on any atom is 0.242 e. The van der Waals surface area contributed by atoms with Crippen LogP contribution in [-0.2, 0) is 16.0 Å². The molecule has 0 aliphatic carbocycles. The smallest absolute Gasteiger partial charge is 0.242 e. The van der Waals surface area contributed by atoms with Crippen molar-refractivity contribution in [1.82, 2.24) is 20.9 Å². The Kier molecular flexibility index (Phi) is 12.3. The summed E-state index contributed by atoms with van der Waals surface area (Å²) in [5, 5.41) is 9.00. The number of nitrogens with one attached hydrogen (secondary N) is 3. The largest absolute Gasteiger partial charge is 0.497 e. The van der Waals surface area contributed by atoms with Gasteiger partial charge in [-0.1, -0.05) is 12.1 Å². The summed E-state index contributed by atoms with van der Waals surface area (Å²) in [7, 11) is 5.01. The van der Waals surface area contributed by atoms with E-state index in [2.05, 4.69) is 20.9 Å². The van der Waals surface area contributed by atoms with Crippen LogP contribution in [0.15, 0.2) is 29.3 Å². The first-order valence-electron chi connectivity index (χ1n) is 9.27. The Morgan fingerprint density at radius 1 is 1.10 bits per heavy atom. The van der Waals surface area contributed by atoms with Gasteiger partial charge in [0.15, 0.2) is 5.96 Å². The second kappa shape index (κ2) is 13.2. The maximum absolute atomic E-state index is 12.0. The van der Waals surface area contributed by atoms with Crippen molar-refractivity contribution in [2.24, 2.45) is 4.99 Å². The molecule has 29 heavy (non-hydrogen) atoms. The van der Waals surface area contributed by atoms with Crippen LogP contribution < -0.4 is 20.7 Å². The number of hydrogen-bond donors (Lipinski definition) is 3. The van der Waals surface area contributed by atoms with Crippen LogP contribution in [0.2, 0.25) is 0 Å². The molecule has 0 heterocycles. The van der Waals surface area contributed by atoms with Crippen molar-refractivity contribution in [3.63, 3.8) is 0 Å². The minimum absolute atomic E-state index is 0. The number of methoxy groups -OCH3 is 1. The highest BCUT2D eigenvalue weighted by Gasteiger charge is 2.13. The number of ether oxygens (including phenoxy) is 1. The molecule has 3 N–H and O–H groups in total. The molecule has 8 nitrogen and oxygen atoms in total. The summed E-state index contributed by atoms with van der Waals surface area (Å²) in [6.07, 6.45) is 0.764. The van der Waals surface area contributed by atoms with E-state index in [-0.39, 0.29) is 54.4 Å². The van der Waals surface area contributed by atoms with Crippen LogP contribution >= 0.6 is 24.0 Å². The highest BCUT2D eigenvalue weighted by Crippen LogP contribution is 2.11. The molecule has 0 aliphatic rings. The van der Waals surface area contributed by atoms with Gasteiger partial charge in [0.05, 0.1) is 13.7 Å². The van der Waals surface area contributed by atoms with E-state index in [0.29, 0.717) is 12.5 Å². The lowest BCUT2D eigenvalue weighted by Crippen LogP contribution is -2.45. The van der Waals surface area contributed by atoms with Crippen molar-refractivity contribution in [2.75, 3.05) is 40.8 Å². The van der Waals surface area contributed by atoms with E-state index < -0.39 is 0 Å². The lowest BCUT2D eigenvalue weighted by molar-refractivity contribution is -0.127. The van der Waals surface area contributed by atoms with Crippen molar-refractivity contribution < 1.29 is 14.3 Å². The van der Waals surface area contributed by atoms with Gasteiger partial charge < -0.3 is 25.6 Å². The minimum Gasteiger partial charge on any atom is -0.497 e. The predicted octanol–water partition coefficient (Wildman–Crippen LogP) is 1.39. The van der Waals surface area contributed by atoms with E-state index in [0.717, 1.165) is 17.7 Å². The van der Waals surface area contributed by atoms with Gasteiger partial charge in [0.25, 0.3) is 0 Å². The highest BCUT2D eigenvalue weighted by molar-refractivity contribution is 14.0. The number of carbonyl (C=O) groups excluding carboxylic acids is 2. The number of carbonyl (C=O) groups is 2. The third-order valence-corrected chi connectivity index (χ3v) is 3.67. The van der Waals surface area contributed by atoms with E-state index in [1.807, 2.05) is 45.0 Å². The molecule has 1 aromatic rings. The third kappa shape index (κ3) is 12.2. The summed E-state index contributed by atoms with van der Waals surface area (Å²) < 4.78 is 5.16. The third-order valence-electron chi connectivity index (χ3n) is 3.67.